The third-order valence-corrected chi connectivity index (χ3v) is 4.57. The quantitative estimate of drug-likeness (QED) is 0.432. The van der Waals surface area contributed by atoms with Crippen LogP contribution >= 0.6 is 0 Å². The summed E-state index contributed by atoms with van der Waals surface area (Å²) in [6, 6.07) is 24.1. The van der Waals surface area contributed by atoms with Crippen LogP contribution in [0.4, 0.5) is 0 Å². The first-order valence-electron chi connectivity index (χ1n) is 10.1. The van der Waals surface area contributed by atoms with Gasteiger partial charge in [0.05, 0.1) is 19.2 Å². The Labute approximate surface area is 182 Å². The molecule has 162 valence electrons. The van der Waals surface area contributed by atoms with Gasteiger partial charge in [0.15, 0.2) is 0 Å². The van der Waals surface area contributed by atoms with Crippen molar-refractivity contribution in [3.8, 4) is 23.0 Å². The maximum absolute atomic E-state index is 12.9. The molecule has 6 heteroatoms. The second-order valence-electron chi connectivity index (χ2n) is 6.76. The number of nitrogens with zero attached hydrogens (tertiary/aromatic N) is 1. The lowest BCUT2D eigenvalue weighted by Gasteiger charge is -2.19. The predicted molar refractivity (Wildman–Crippen MR) is 119 cm³/mol. The fourth-order valence-electron chi connectivity index (χ4n) is 2.88. The molecule has 0 aliphatic rings. The van der Waals surface area contributed by atoms with Crippen molar-refractivity contribution in [3.05, 3.63) is 84.4 Å². The molecule has 6 nitrogen and oxygen atoms in total. The summed E-state index contributed by atoms with van der Waals surface area (Å²) >= 11 is 0. The summed E-state index contributed by atoms with van der Waals surface area (Å²) in [6.45, 7) is 1.54. The molecule has 3 aromatic carbocycles. The Balaban J connectivity index is 1.48. The molecule has 1 amide bonds. The molecule has 0 aliphatic carbocycles. The Kier molecular flexibility index (Phi) is 8.17. The summed E-state index contributed by atoms with van der Waals surface area (Å²) < 4.78 is 22.3. The molecule has 3 rings (SSSR count). The maximum Gasteiger partial charge on any atom is 0.257 e. The number of ether oxygens (including phenoxy) is 4. The second-order valence-corrected chi connectivity index (χ2v) is 6.76. The lowest BCUT2D eigenvalue weighted by molar-refractivity contribution is 0.0768. The molecule has 0 radical (unpaired) electrons. The van der Waals surface area contributed by atoms with Crippen LogP contribution in [-0.2, 0) is 0 Å². The molecule has 3 aromatic rings. The minimum atomic E-state index is -0.127. The van der Waals surface area contributed by atoms with Gasteiger partial charge >= 0.3 is 0 Å². The molecule has 0 fully saturated rings. The van der Waals surface area contributed by atoms with Crippen molar-refractivity contribution in [1.82, 2.24) is 4.90 Å². The number of hydrogen-bond acceptors (Lipinski definition) is 5. The van der Waals surface area contributed by atoms with E-state index in [1.54, 1.807) is 31.2 Å². The van der Waals surface area contributed by atoms with E-state index in [0.717, 1.165) is 17.2 Å². The van der Waals surface area contributed by atoms with Crippen LogP contribution < -0.4 is 18.9 Å². The molecule has 31 heavy (non-hydrogen) atoms. The number of hydrogen-bond donors (Lipinski definition) is 0. The average molecular weight is 421 g/mol. The van der Waals surface area contributed by atoms with Gasteiger partial charge in [-0.15, -0.1) is 0 Å². The summed E-state index contributed by atoms with van der Waals surface area (Å²) in [4.78, 5) is 14.5. The molecule has 0 spiro atoms. The van der Waals surface area contributed by atoms with Crippen molar-refractivity contribution < 1.29 is 23.7 Å². The highest BCUT2D eigenvalue weighted by Crippen LogP contribution is 2.20. The van der Waals surface area contributed by atoms with Crippen molar-refractivity contribution in [2.45, 2.75) is 0 Å². The van der Waals surface area contributed by atoms with E-state index in [9.17, 15) is 4.79 Å². The zero-order valence-corrected chi connectivity index (χ0v) is 17.8. The van der Waals surface area contributed by atoms with Gasteiger partial charge in [0.1, 0.15) is 42.8 Å². The number of rotatable bonds is 11. The van der Waals surface area contributed by atoms with Crippen molar-refractivity contribution in [3.63, 3.8) is 0 Å². The topological polar surface area (TPSA) is 57.2 Å². The number of methoxy groups -OCH3 is 1. The highest BCUT2D eigenvalue weighted by atomic mass is 16.5. The molecule has 0 saturated carbocycles. The van der Waals surface area contributed by atoms with E-state index in [1.807, 2.05) is 66.7 Å². The van der Waals surface area contributed by atoms with Crippen LogP contribution in [0.15, 0.2) is 78.9 Å². The van der Waals surface area contributed by atoms with Crippen molar-refractivity contribution in [1.29, 1.82) is 0 Å². The molecule has 0 aliphatic heterocycles. The van der Waals surface area contributed by atoms with Gasteiger partial charge in [0, 0.05) is 7.05 Å². The van der Waals surface area contributed by atoms with Crippen LogP contribution in [0.3, 0.4) is 0 Å². The lowest BCUT2D eigenvalue weighted by Crippen LogP contribution is -2.31. The summed E-state index contributed by atoms with van der Waals surface area (Å²) in [5.41, 5.74) is 0.508. The monoisotopic (exact) mass is 421 g/mol. The molecule has 0 unspecified atom stereocenters. The van der Waals surface area contributed by atoms with Gasteiger partial charge < -0.3 is 23.8 Å². The largest absolute Gasteiger partial charge is 0.497 e. The number of para-hydroxylation sites is 2. The first-order chi connectivity index (χ1) is 15.2. The lowest BCUT2D eigenvalue weighted by atomic mass is 10.2. The smallest absolute Gasteiger partial charge is 0.257 e. The zero-order chi connectivity index (χ0) is 21.9. The van der Waals surface area contributed by atoms with E-state index in [2.05, 4.69) is 0 Å². The van der Waals surface area contributed by atoms with Crippen LogP contribution in [0.1, 0.15) is 10.4 Å². The van der Waals surface area contributed by atoms with E-state index in [0.29, 0.717) is 37.7 Å². The zero-order valence-electron chi connectivity index (χ0n) is 17.8. The van der Waals surface area contributed by atoms with Crippen molar-refractivity contribution in [2.75, 3.05) is 40.5 Å². The number of carbonyl (C=O) groups excluding carboxylic acids is 1. The Morgan fingerprint density at radius 3 is 2.03 bits per heavy atom. The molecule has 0 heterocycles. The van der Waals surface area contributed by atoms with Gasteiger partial charge in [-0.3, -0.25) is 4.79 Å². The number of likely N-dealkylation sites (N-methyl/N-ethyl adjacent to an activating group) is 1. The Bertz CT molecular complexity index is 944. The third kappa shape index (κ3) is 6.67. The normalized spacial score (nSPS) is 10.3. The molecule has 0 bridgehead atoms. The highest BCUT2D eigenvalue weighted by molar-refractivity contribution is 5.96. The average Bonchev–Trinajstić information content (AvgIpc) is 2.82. The Morgan fingerprint density at radius 1 is 0.710 bits per heavy atom. The molecule has 0 saturated heterocycles. The fraction of sp³-hybridized carbons (Fsp3) is 0.240. The van der Waals surface area contributed by atoms with Gasteiger partial charge in [-0.2, -0.15) is 0 Å². The Hall–Kier alpha value is -3.67. The van der Waals surface area contributed by atoms with E-state index in [1.165, 1.54) is 0 Å². The van der Waals surface area contributed by atoms with Crippen molar-refractivity contribution in [2.24, 2.45) is 0 Å². The van der Waals surface area contributed by atoms with E-state index < -0.39 is 0 Å². The molecule has 0 N–H and O–H groups in total. The third-order valence-electron chi connectivity index (χ3n) is 4.57. The summed E-state index contributed by atoms with van der Waals surface area (Å²) in [6.07, 6.45) is 0. The fourth-order valence-corrected chi connectivity index (χ4v) is 2.88. The summed E-state index contributed by atoms with van der Waals surface area (Å²) in [5, 5.41) is 0. The van der Waals surface area contributed by atoms with Crippen LogP contribution in [0.25, 0.3) is 0 Å². The number of amides is 1. The van der Waals surface area contributed by atoms with Crippen molar-refractivity contribution >= 4 is 5.91 Å². The standard InChI is InChI=1S/C25H27NO5/c1-26(16-17-29-22-14-12-20(28-2)13-15-22)25(27)23-10-6-7-11-24(23)31-19-18-30-21-8-4-3-5-9-21/h3-15H,16-19H2,1-2H3. The van der Waals surface area contributed by atoms with Crippen LogP contribution in [0.5, 0.6) is 23.0 Å². The summed E-state index contributed by atoms with van der Waals surface area (Å²) in [7, 11) is 3.36. The molecular formula is C25H27NO5. The van der Waals surface area contributed by atoms with E-state index in [-0.39, 0.29) is 5.91 Å². The second kappa shape index (κ2) is 11.5. The molecular weight excluding hydrogens is 394 g/mol. The SMILES string of the molecule is COc1ccc(OCCN(C)C(=O)c2ccccc2OCCOc2ccccc2)cc1. The molecule has 0 aromatic heterocycles. The van der Waals surface area contributed by atoms with Gasteiger partial charge in [-0.1, -0.05) is 30.3 Å². The van der Waals surface area contributed by atoms with Gasteiger partial charge in [-0.05, 0) is 48.5 Å². The number of benzene rings is 3. The first kappa shape index (κ1) is 22.0. The maximum atomic E-state index is 12.9. The first-order valence-corrected chi connectivity index (χ1v) is 10.1. The van der Waals surface area contributed by atoms with Crippen LogP contribution in [0.2, 0.25) is 0 Å². The van der Waals surface area contributed by atoms with Crippen LogP contribution in [-0.4, -0.2) is 51.3 Å². The van der Waals surface area contributed by atoms with Gasteiger partial charge in [-0.25, -0.2) is 0 Å². The number of carbonyl (C=O) groups is 1. The Morgan fingerprint density at radius 2 is 1.29 bits per heavy atom. The van der Waals surface area contributed by atoms with E-state index in [4.69, 9.17) is 18.9 Å². The van der Waals surface area contributed by atoms with Crippen LogP contribution in [0, 0.1) is 0 Å². The molecule has 0 atom stereocenters. The minimum absolute atomic E-state index is 0.127. The van der Waals surface area contributed by atoms with Gasteiger partial charge in [0.2, 0.25) is 0 Å². The minimum Gasteiger partial charge on any atom is -0.497 e. The highest BCUT2D eigenvalue weighted by Gasteiger charge is 2.16. The van der Waals surface area contributed by atoms with Gasteiger partial charge in [0.25, 0.3) is 5.91 Å². The van der Waals surface area contributed by atoms with E-state index >= 15 is 0 Å². The summed E-state index contributed by atoms with van der Waals surface area (Å²) in [5.74, 6) is 2.69. The predicted octanol–water partition coefficient (Wildman–Crippen LogP) is 4.30.